The molecule has 26 heavy (non-hydrogen) atoms. The van der Waals surface area contributed by atoms with Crippen molar-refractivity contribution in [1.29, 1.82) is 0 Å². The normalized spacial score (nSPS) is 19.5. The van der Waals surface area contributed by atoms with Crippen molar-refractivity contribution >= 4 is 29.1 Å². The molecule has 1 saturated carbocycles. The van der Waals surface area contributed by atoms with Gasteiger partial charge in [-0.15, -0.1) is 0 Å². The van der Waals surface area contributed by atoms with Gasteiger partial charge in [-0.2, -0.15) is 0 Å². The third-order valence-corrected chi connectivity index (χ3v) is 5.02. The Hall–Kier alpha value is -2.53. The third-order valence-electron chi connectivity index (χ3n) is 4.70. The zero-order chi connectivity index (χ0) is 18.1. The molecular formula is C20H19ClN2O3. The van der Waals surface area contributed by atoms with Gasteiger partial charge in [0.05, 0.1) is 10.9 Å². The first-order chi connectivity index (χ1) is 12.6. The van der Waals surface area contributed by atoms with Gasteiger partial charge in [0.1, 0.15) is 11.5 Å². The van der Waals surface area contributed by atoms with Crippen LogP contribution in [0.2, 0.25) is 5.02 Å². The standard InChI is InChI=1S/C20H19ClN2O3/c21-17-3-1-2-4-18(17)26-16-9-5-14(6-10-16)22-20(25)13-11-19(24)23(12-13)15-7-8-15/h1-6,9-10,13,15H,7-8,11-12H2,(H,22,25). The largest absolute Gasteiger partial charge is 0.456 e. The van der Waals surface area contributed by atoms with Crippen molar-refractivity contribution in [2.24, 2.45) is 5.92 Å². The molecule has 2 aromatic carbocycles. The molecule has 1 unspecified atom stereocenters. The lowest BCUT2D eigenvalue weighted by Gasteiger charge is -2.15. The van der Waals surface area contributed by atoms with Crippen molar-refractivity contribution in [1.82, 2.24) is 4.90 Å². The lowest BCUT2D eigenvalue weighted by molar-refractivity contribution is -0.128. The molecule has 1 aliphatic carbocycles. The van der Waals surface area contributed by atoms with Crippen molar-refractivity contribution in [3.63, 3.8) is 0 Å². The highest BCUT2D eigenvalue weighted by Gasteiger charge is 2.41. The van der Waals surface area contributed by atoms with Crippen LogP contribution in [0.15, 0.2) is 48.5 Å². The molecule has 4 rings (SSSR count). The number of nitrogens with one attached hydrogen (secondary N) is 1. The van der Waals surface area contributed by atoms with Crippen LogP contribution >= 0.6 is 11.6 Å². The van der Waals surface area contributed by atoms with E-state index in [2.05, 4.69) is 5.32 Å². The van der Waals surface area contributed by atoms with E-state index in [1.165, 1.54) is 0 Å². The second-order valence-electron chi connectivity index (χ2n) is 6.72. The summed E-state index contributed by atoms with van der Waals surface area (Å²) in [6.07, 6.45) is 2.43. The highest BCUT2D eigenvalue weighted by molar-refractivity contribution is 6.32. The minimum Gasteiger partial charge on any atom is -0.456 e. The van der Waals surface area contributed by atoms with Gasteiger partial charge in [-0.25, -0.2) is 0 Å². The average Bonchev–Trinajstić information content (AvgIpc) is 3.40. The van der Waals surface area contributed by atoms with E-state index in [4.69, 9.17) is 16.3 Å². The lowest BCUT2D eigenvalue weighted by Crippen LogP contribution is -2.29. The fourth-order valence-corrected chi connectivity index (χ4v) is 3.33. The molecule has 0 bridgehead atoms. The molecule has 0 radical (unpaired) electrons. The van der Waals surface area contributed by atoms with E-state index in [9.17, 15) is 9.59 Å². The highest BCUT2D eigenvalue weighted by atomic mass is 35.5. The Balaban J connectivity index is 1.36. The maximum atomic E-state index is 12.4. The summed E-state index contributed by atoms with van der Waals surface area (Å²) in [4.78, 5) is 26.3. The van der Waals surface area contributed by atoms with Gasteiger partial charge in [-0.05, 0) is 49.2 Å². The van der Waals surface area contributed by atoms with Gasteiger partial charge in [0.15, 0.2) is 0 Å². The Kier molecular flexibility index (Phi) is 4.55. The first-order valence-electron chi connectivity index (χ1n) is 8.73. The van der Waals surface area contributed by atoms with Crippen LogP contribution in [-0.2, 0) is 9.59 Å². The Morgan fingerprint density at radius 3 is 2.54 bits per heavy atom. The van der Waals surface area contributed by atoms with Gasteiger partial charge in [-0.3, -0.25) is 9.59 Å². The molecule has 0 spiro atoms. The van der Waals surface area contributed by atoms with Crippen molar-refractivity contribution < 1.29 is 14.3 Å². The summed E-state index contributed by atoms with van der Waals surface area (Å²) in [6.45, 7) is 0.531. The lowest BCUT2D eigenvalue weighted by atomic mass is 10.1. The van der Waals surface area contributed by atoms with Crippen LogP contribution < -0.4 is 10.1 Å². The van der Waals surface area contributed by atoms with Gasteiger partial charge < -0.3 is 15.0 Å². The Bertz CT molecular complexity index is 833. The monoisotopic (exact) mass is 370 g/mol. The zero-order valence-electron chi connectivity index (χ0n) is 14.2. The van der Waals surface area contributed by atoms with Crippen molar-refractivity contribution in [2.75, 3.05) is 11.9 Å². The molecule has 2 aliphatic rings. The number of ether oxygens (including phenoxy) is 1. The molecule has 1 atom stereocenters. The van der Waals surface area contributed by atoms with E-state index in [0.29, 0.717) is 41.2 Å². The number of anilines is 1. The predicted molar refractivity (Wildman–Crippen MR) is 99.4 cm³/mol. The van der Waals surface area contributed by atoms with E-state index in [1.54, 1.807) is 36.4 Å². The van der Waals surface area contributed by atoms with Gasteiger partial charge in [0.25, 0.3) is 0 Å². The summed E-state index contributed by atoms with van der Waals surface area (Å²) in [5, 5.41) is 3.43. The van der Waals surface area contributed by atoms with Crippen molar-refractivity contribution in [3.05, 3.63) is 53.6 Å². The number of nitrogens with zero attached hydrogens (tertiary/aromatic N) is 1. The summed E-state index contributed by atoms with van der Waals surface area (Å²) >= 11 is 6.08. The maximum absolute atomic E-state index is 12.4. The molecular weight excluding hydrogens is 352 g/mol. The number of hydrogen-bond donors (Lipinski definition) is 1. The number of hydrogen-bond acceptors (Lipinski definition) is 3. The quantitative estimate of drug-likeness (QED) is 0.862. The second-order valence-corrected chi connectivity index (χ2v) is 7.13. The van der Waals surface area contributed by atoms with Gasteiger partial charge >= 0.3 is 0 Å². The van der Waals surface area contributed by atoms with Crippen LogP contribution in [-0.4, -0.2) is 29.3 Å². The fourth-order valence-electron chi connectivity index (χ4n) is 3.15. The Morgan fingerprint density at radius 2 is 1.85 bits per heavy atom. The number of rotatable bonds is 5. The first-order valence-corrected chi connectivity index (χ1v) is 9.11. The number of halogens is 1. The van der Waals surface area contributed by atoms with Crippen LogP contribution in [0.5, 0.6) is 11.5 Å². The van der Waals surface area contributed by atoms with E-state index in [1.807, 2.05) is 17.0 Å². The molecule has 1 heterocycles. The number of carbonyl (C=O) groups is 2. The molecule has 5 nitrogen and oxygen atoms in total. The SMILES string of the molecule is O=C(Nc1ccc(Oc2ccccc2Cl)cc1)C1CC(=O)N(C2CC2)C1. The first kappa shape index (κ1) is 16.9. The third kappa shape index (κ3) is 3.68. The highest BCUT2D eigenvalue weighted by Crippen LogP contribution is 2.33. The summed E-state index contributed by atoms with van der Waals surface area (Å²) < 4.78 is 5.73. The maximum Gasteiger partial charge on any atom is 0.229 e. The summed E-state index contributed by atoms with van der Waals surface area (Å²) in [5.74, 6) is 0.919. The summed E-state index contributed by atoms with van der Waals surface area (Å²) in [5.41, 5.74) is 0.679. The molecule has 1 N–H and O–H groups in total. The van der Waals surface area contributed by atoms with Crippen LogP contribution in [0.1, 0.15) is 19.3 Å². The predicted octanol–water partition coefficient (Wildman–Crippen LogP) is 4.08. The molecule has 134 valence electrons. The van der Waals surface area contributed by atoms with Crippen LogP contribution in [0.3, 0.4) is 0 Å². The van der Waals surface area contributed by atoms with E-state index in [0.717, 1.165) is 12.8 Å². The summed E-state index contributed by atoms with van der Waals surface area (Å²) in [6, 6.07) is 14.7. The van der Waals surface area contributed by atoms with Gasteiger partial charge in [0.2, 0.25) is 11.8 Å². The smallest absolute Gasteiger partial charge is 0.229 e. The zero-order valence-corrected chi connectivity index (χ0v) is 14.9. The minimum atomic E-state index is -0.276. The average molecular weight is 371 g/mol. The molecule has 0 aromatic heterocycles. The van der Waals surface area contributed by atoms with Crippen LogP contribution in [0, 0.1) is 5.92 Å². The second kappa shape index (κ2) is 7.00. The van der Waals surface area contributed by atoms with Gasteiger partial charge in [-0.1, -0.05) is 23.7 Å². The van der Waals surface area contributed by atoms with Crippen molar-refractivity contribution in [3.8, 4) is 11.5 Å². The number of carbonyl (C=O) groups excluding carboxylic acids is 2. The molecule has 1 aliphatic heterocycles. The Morgan fingerprint density at radius 1 is 1.12 bits per heavy atom. The minimum absolute atomic E-state index is 0.0936. The topological polar surface area (TPSA) is 58.6 Å². The van der Waals surface area contributed by atoms with Crippen LogP contribution in [0.25, 0.3) is 0 Å². The van der Waals surface area contributed by atoms with E-state index < -0.39 is 0 Å². The van der Waals surface area contributed by atoms with Gasteiger partial charge in [0, 0.05) is 24.7 Å². The van der Waals surface area contributed by atoms with E-state index >= 15 is 0 Å². The molecule has 1 saturated heterocycles. The summed E-state index contributed by atoms with van der Waals surface area (Å²) in [7, 11) is 0. The van der Waals surface area contributed by atoms with E-state index in [-0.39, 0.29) is 17.7 Å². The van der Waals surface area contributed by atoms with Crippen LogP contribution in [0.4, 0.5) is 5.69 Å². The number of benzene rings is 2. The number of likely N-dealkylation sites (tertiary alicyclic amines) is 1. The number of amides is 2. The molecule has 2 amide bonds. The molecule has 6 heteroatoms. The Labute approximate surface area is 156 Å². The fraction of sp³-hybridized carbons (Fsp3) is 0.300. The van der Waals surface area contributed by atoms with Crippen molar-refractivity contribution in [2.45, 2.75) is 25.3 Å². The molecule has 2 fully saturated rings. The number of para-hydroxylation sites is 1. The molecule has 2 aromatic rings.